The highest BCUT2D eigenvalue weighted by Crippen LogP contribution is 2.46. The summed E-state index contributed by atoms with van der Waals surface area (Å²) >= 11 is 0. The van der Waals surface area contributed by atoms with Crippen LogP contribution in [0.4, 0.5) is 22.1 Å². The average Bonchev–Trinajstić information content (AvgIpc) is 3.54. The third-order valence-electron chi connectivity index (χ3n) is 8.09. The van der Waals surface area contributed by atoms with Crippen LogP contribution in [0.1, 0.15) is 57.4 Å². The van der Waals surface area contributed by atoms with Crippen LogP contribution in [0, 0.1) is 19.3 Å². The van der Waals surface area contributed by atoms with Crippen molar-refractivity contribution >= 4 is 39.4 Å². The molecule has 1 N–H and O–H groups in total. The van der Waals surface area contributed by atoms with Crippen molar-refractivity contribution in [1.29, 1.82) is 0 Å². The monoisotopic (exact) mass is 623 g/mol. The Labute approximate surface area is 259 Å². The Bertz CT molecular complexity index is 1670. The van der Waals surface area contributed by atoms with Crippen LogP contribution < -0.4 is 15.3 Å². The van der Waals surface area contributed by atoms with Crippen LogP contribution in [0.15, 0.2) is 42.6 Å². The summed E-state index contributed by atoms with van der Waals surface area (Å²) in [6, 6.07) is 10.2. The molecule has 0 spiro atoms. The third-order valence-corrected chi connectivity index (χ3v) is 8.51. The van der Waals surface area contributed by atoms with Gasteiger partial charge in [-0.3, -0.25) is 4.79 Å². The van der Waals surface area contributed by atoms with Gasteiger partial charge in [-0.2, -0.15) is 13.5 Å². The van der Waals surface area contributed by atoms with E-state index in [4.69, 9.17) is 9.38 Å². The van der Waals surface area contributed by atoms with Gasteiger partial charge in [-0.25, -0.2) is 14.5 Å². The number of pyridine rings is 1. The number of piperazine rings is 1. The average molecular weight is 624 g/mol. The van der Waals surface area contributed by atoms with E-state index < -0.39 is 21.6 Å². The first-order valence-corrected chi connectivity index (χ1v) is 16.5. The summed E-state index contributed by atoms with van der Waals surface area (Å²) in [6.07, 6.45) is 4.34. The molecule has 1 aromatic carbocycles. The summed E-state index contributed by atoms with van der Waals surface area (Å²) in [4.78, 5) is 35.1. The van der Waals surface area contributed by atoms with Gasteiger partial charge in [0, 0.05) is 43.1 Å². The van der Waals surface area contributed by atoms with Gasteiger partial charge in [0.2, 0.25) is 5.91 Å². The van der Waals surface area contributed by atoms with Crippen LogP contribution >= 0.6 is 0 Å². The molecule has 0 atom stereocenters. The lowest BCUT2D eigenvalue weighted by molar-refractivity contribution is -0.136. The van der Waals surface area contributed by atoms with Crippen LogP contribution in [0.2, 0.25) is 0 Å². The molecule has 13 heteroatoms. The number of amides is 3. The molecule has 1 aliphatic carbocycles. The maximum Gasteiger partial charge on any atom is 0.353 e. The van der Waals surface area contributed by atoms with Crippen LogP contribution in [0.5, 0.6) is 0 Å². The van der Waals surface area contributed by atoms with E-state index in [0.29, 0.717) is 48.3 Å². The molecule has 2 fully saturated rings. The zero-order valence-electron chi connectivity index (χ0n) is 26.4. The maximum absolute atomic E-state index is 13.7. The Kier molecular flexibility index (Phi) is 8.23. The molecule has 1 saturated heterocycles. The third kappa shape index (κ3) is 6.88. The van der Waals surface area contributed by atoms with E-state index in [9.17, 15) is 18.0 Å². The fourth-order valence-electron chi connectivity index (χ4n) is 5.00. The number of urea groups is 1. The molecule has 0 radical (unpaired) electrons. The maximum atomic E-state index is 13.7. The first kappa shape index (κ1) is 31.5. The Morgan fingerprint density at radius 1 is 1.02 bits per heavy atom. The van der Waals surface area contributed by atoms with Gasteiger partial charge in [0.05, 0.1) is 29.5 Å². The van der Waals surface area contributed by atoms with Crippen molar-refractivity contribution in [1.82, 2.24) is 19.7 Å². The Balaban J connectivity index is 1.38. The van der Waals surface area contributed by atoms with Crippen molar-refractivity contribution in [3.63, 3.8) is 0 Å². The predicted molar refractivity (Wildman–Crippen MR) is 170 cm³/mol. The van der Waals surface area contributed by atoms with Gasteiger partial charge in [-0.15, -0.1) is 9.35 Å². The van der Waals surface area contributed by atoms with E-state index >= 15 is 0 Å². The molecular weight excluding hydrogens is 582 g/mol. The van der Waals surface area contributed by atoms with Gasteiger partial charge in [0.25, 0.3) is 10.1 Å². The number of rotatable bonds is 7. The number of nitrogens with zero attached hydrogens (tertiary/aromatic N) is 6. The molecule has 2 aliphatic rings. The lowest BCUT2D eigenvalue weighted by Crippen LogP contribution is -2.50. The molecule has 3 heterocycles. The van der Waals surface area contributed by atoms with Crippen LogP contribution in [0.3, 0.4) is 0 Å². The summed E-state index contributed by atoms with van der Waals surface area (Å²) in [5.74, 6) is 1.09. The fraction of sp³-hybridized carbons (Fsp3) is 0.484. The minimum atomic E-state index is -4.11. The van der Waals surface area contributed by atoms with Crippen LogP contribution in [-0.2, 0) is 24.6 Å². The minimum absolute atomic E-state index is 0.122. The number of aromatic nitrogens is 3. The van der Waals surface area contributed by atoms with E-state index in [1.165, 1.54) is 4.68 Å². The smallest absolute Gasteiger partial charge is 0.353 e. The summed E-state index contributed by atoms with van der Waals surface area (Å²) in [7, 11) is -4.11. The molecule has 236 valence electrons. The zero-order valence-corrected chi connectivity index (χ0v) is 27.2. The molecular formula is C31H41N7O5S. The Hall–Kier alpha value is -3.97. The van der Waals surface area contributed by atoms with Crippen LogP contribution in [0.25, 0.3) is 5.69 Å². The lowest BCUT2D eigenvalue weighted by atomic mass is 9.92. The highest BCUT2D eigenvalue weighted by molar-refractivity contribution is 7.86. The molecule has 1 saturated carbocycles. The largest absolute Gasteiger partial charge is 0.353 e. The first-order valence-electron chi connectivity index (χ1n) is 14.7. The van der Waals surface area contributed by atoms with Gasteiger partial charge in [0.1, 0.15) is 5.82 Å². The van der Waals surface area contributed by atoms with Crippen molar-refractivity contribution < 1.29 is 22.3 Å². The van der Waals surface area contributed by atoms with Gasteiger partial charge < -0.3 is 15.1 Å². The van der Waals surface area contributed by atoms with E-state index in [1.54, 1.807) is 12.3 Å². The van der Waals surface area contributed by atoms with E-state index in [-0.39, 0.29) is 17.1 Å². The van der Waals surface area contributed by atoms with Crippen molar-refractivity contribution in [3.8, 4) is 5.69 Å². The molecule has 1 aliphatic heterocycles. The summed E-state index contributed by atoms with van der Waals surface area (Å²) in [6.45, 7) is 14.3. The quantitative estimate of drug-likeness (QED) is 0.379. The van der Waals surface area contributed by atoms with E-state index in [2.05, 4.69) is 15.2 Å². The SMILES string of the molecule is Cc1ccc(-n2nc(C(C)(C)C)cc2N(OS(C)(=O)=O)C(=O)Nc2cnc(N3CCN(C(=O)C4(C)CC4)CC3)cc2C)cc1. The van der Waals surface area contributed by atoms with Gasteiger partial charge in [-0.05, 0) is 50.5 Å². The van der Waals surface area contributed by atoms with Gasteiger partial charge in [-0.1, -0.05) is 45.4 Å². The number of hydrogen-bond donors (Lipinski definition) is 1. The van der Waals surface area contributed by atoms with E-state index in [0.717, 1.165) is 36.0 Å². The number of carbonyl (C=O) groups excluding carboxylic acids is 2. The number of hydrogen-bond acceptors (Lipinski definition) is 8. The highest BCUT2D eigenvalue weighted by Gasteiger charge is 2.47. The number of hydroxylamine groups is 1. The molecule has 0 bridgehead atoms. The van der Waals surface area contributed by atoms with Crippen molar-refractivity contribution in [2.24, 2.45) is 5.41 Å². The van der Waals surface area contributed by atoms with E-state index in [1.807, 2.05) is 76.8 Å². The molecule has 3 aromatic rings. The summed E-state index contributed by atoms with van der Waals surface area (Å²) in [5, 5.41) is 8.19. The standard InChI is InChI=1S/C31H41N7O5S/c1-21-8-10-23(11-9-21)37-27(19-25(34-37)30(3,4)5)38(43-44(7,41)42)29(40)33-24-20-32-26(18-22(24)2)35-14-16-36(17-15-35)28(39)31(6)12-13-31/h8-11,18-20H,12-17H2,1-7H3,(H,33,40). The summed E-state index contributed by atoms with van der Waals surface area (Å²) < 4.78 is 31.5. The molecule has 12 nitrogen and oxygen atoms in total. The second-order valence-electron chi connectivity index (χ2n) is 13.1. The minimum Gasteiger partial charge on any atom is -0.353 e. The number of benzene rings is 1. The van der Waals surface area contributed by atoms with Crippen molar-refractivity contribution in [2.75, 3.05) is 47.7 Å². The lowest BCUT2D eigenvalue weighted by Gasteiger charge is -2.36. The number of nitrogens with one attached hydrogen (secondary N) is 1. The van der Waals surface area contributed by atoms with Crippen LogP contribution in [-0.4, -0.2) is 72.5 Å². The number of anilines is 3. The van der Waals surface area contributed by atoms with Crippen molar-refractivity contribution in [2.45, 2.75) is 59.8 Å². The molecule has 5 rings (SSSR count). The molecule has 3 amide bonds. The fourth-order valence-corrected chi connectivity index (χ4v) is 5.42. The molecule has 0 unspecified atom stereocenters. The second kappa shape index (κ2) is 11.5. The summed E-state index contributed by atoms with van der Waals surface area (Å²) in [5.41, 5.74) is 2.85. The number of carbonyl (C=O) groups is 2. The Morgan fingerprint density at radius 3 is 2.20 bits per heavy atom. The topological polar surface area (TPSA) is 130 Å². The molecule has 2 aromatic heterocycles. The first-order chi connectivity index (χ1) is 20.5. The second-order valence-corrected chi connectivity index (χ2v) is 14.6. The van der Waals surface area contributed by atoms with Crippen molar-refractivity contribution in [3.05, 3.63) is 59.4 Å². The normalized spacial score (nSPS) is 16.5. The number of aryl methyl sites for hydroxylation is 2. The van der Waals surface area contributed by atoms with Gasteiger partial charge >= 0.3 is 6.03 Å². The Morgan fingerprint density at radius 2 is 1.66 bits per heavy atom. The predicted octanol–water partition coefficient (Wildman–Crippen LogP) is 4.56. The highest BCUT2D eigenvalue weighted by atomic mass is 32.2. The van der Waals surface area contributed by atoms with Gasteiger partial charge in [0.15, 0.2) is 5.82 Å². The zero-order chi connectivity index (χ0) is 32.0. The molecule has 44 heavy (non-hydrogen) atoms.